The third-order valence-corrected chi connectivity index (χ3v) is 6.95. The van der Waals surface area contributed by atoms with Crippen LogP contribution in [0.2, 0.25) is 5.02 Å². The highest BCUT2D eigenvalue weighted by atomic mass is 35.5. The summed E-state index contributed by atoms with van der Waals surface area (Å²) in [7, 11) is -2.73. The number of sulfonamides is 1. The lowest BCUT2D eigenvalue weighted by atomic mass is 9.96. The van der Waals surface area contributed by atoms with Gasteiger partial charge in [0.25, 0.3) is 5.91 Å². The first kappa shape index (κ1) is 24.3. The Balaban J connectivity index is 1.90. The minimum atomic E-state index is -4.74. The van der Waals surface area contributed by atoms with E-state index in [9.17, 15) is 26.4 Å². The Hall–Kier alpha value is -2.30. The summed E-state index contributed by atoms with van der Waals surface area (Å²) >= 11 is 5.66. The van der Waals surface area contributed by atoms with Gasteiger partial charge >= 0.3 is 6.18 Å². The number of nitrogens with one attached hydrogen (secondary N) is 2. The van der Waals surface area contributed by atoms with Crippen LogP contribution in [0, 0.1) is 0 Å². The van der Waals surface area contributed by atoms with Crippen LogP contribution in [0.3, 0.4) is 0 Å². The van der Waals surface area contributed by atoms with Crippen LogP contribution < -0.4 is 14.8 Å². The number of hydrogen-bond acceptors (Lipinski definition) is 4. The molecule has 0 spiro atoms. The summed E-state index contributed by atoms with van der Waals surface area (Å²) in [4.78, 5) is 12.4. The molecule has 0 atom stereocenters. The quantitative estimate of drug-likeness (QED) is 0.580. The third-order valence-electron chi connectivity index (χ3n) is 5.18. The summed E-state index contributed by atoms with van der Waals surface area (Å²) in [5.41, 5.74) is -1.75. The lowest BCUT2D eigenvalue weighted by Gasteiger charge is -2.23. The summed E-state index contributed by atoms with van der Waals surface area (Å²) in [6.07, 6.45) is -0.463. The summed E-state index contributed by atoms with van der Waals surface area (Å²) in [6, 6.07) is 6.38. The van der Waals surface area contributed by atoms with Gasteiger partial charge in [0, 0.05) is 16.6 Å². The van der Waals surface area contributed by atoms with Gasteiger partial charge in [0.1, 0.15) is 10.6 Å². The molecule has 1 amide bonds. The van der Waals surface area contributed by atoms with Crippen LogP contribution in [0.5, 0.6) is 5.75 Å². The molecule has 1 fully saturated rings. The number of carbonyl (C=O) groups is 1. The largest absolute Gasteiger partial charge is 0.495 e. The summed E-state index contributed by atoms with van der Waals surface area (Å²) in [5, 5.41) is 2.05. The van der Waals surface area contributed by atoms with Crippen LogP contribution in [-0.4, -0.2) is 27.5 Å². The van der Waals surface area contributed by atoms with Gasteiger partial charge in [-0.1, -0.05) is 30.9 Å². The summed E-state index contributed by atoms with van der Waals surface area (Å²) < 4.78 is 73.6. The van der Waals surface area contributed by atoms with Crippen molar-refractivity contribution in [1.29, 1.82) is 0 Å². The Morgan fingerprint density at radius 1 is 1.09 bits per heavy atom. The van der Waals surface area contributed by atoms with Gasteiger partial charge in [0.2, 0.25) is 10.0 Å². The van der Waals surface area contributed by atoms with E-state index in [-0.39, 0.29) is 27.3 Å². The predicted molar refractivity (Wildman–Crippen MR) is 115 cm³/mol. The highest BCUT2D eigenvalue weighted by Gasteiger charge is 2.34. The van der Waals surface area contributed by atoms with E-state index in [1.165, 1.54) is 25.3 Å². The molecule has 0 heterocycles. The average Bonchev–Trinajstić information content (AvgIpc) is 2.74. The highest BCUT2D eigenvalue weighted by Crippen LogP contribution is 2.37. The van der Waals surface area contributed by atoms with Crippen LogP contribution in [0.4, 0.5) is 18.9 Å². The number of rotatable bonds is 6. The topological polar surface area (TPSA) is 84.5 Å². The van der Waals surface area contributed by atoms with Crippen molar-refractivity contribution >= 4 is 33.2 Å². The van der Waals surface area contributed by atoms with E-state index < -0.39 is 33.4 Å². The van der Waals surface area contributed by atoms with Gasteiger partial charge in [-0.2, -0.15) is 13.2 Å². The fourth-order valence-electron chi connectivity index (χ4n) is 3.59. The summed E-state index contributed by atoms with van der Waals surface area (Å²) in [5.74, 6) is -0.887. The van der Waals surface area contributed by atoms with Gasteiger partial charge in [-0.05, 0) is 49.2 Å². The fourth-order valence-corrected chi connectivity index (χ4v) is 5.26. The first-order valence-electron chi connectivity index (χ1n) is 9.90. The fraction of sp³-hybridized carbons (Fsp3) is 0.381. The molecule has 1 saturated carbocycles. The Morgan fingerprint density at radius 3 is 2.41 bits per heavy atom. The van der Waals surface area contributed by atoms with Crippen molar-refractivity contribution in [3.8, 4) is 5.75 Å². The van der Waals surface area contributed by atoms with Crippen molar-refractivity contribution < 1.29 is 31.1 Å². The van der Waals surface area contributed by atoms with Crippen molar-refractivity contribution in [2.75, 3.05) is 12.4 Å². The number of ether oxygens (including phenoxy) is 1. The van der Waals surface area contributed by atoms with E-state index in [1.807, 2.05) is 0 Å². The van der Waals surface area contributed by atoms with Crippen LogP contribution >= 0.6 is 11.6 Å². The zero-order valence-electron chi connectivity index (χ0n) is 17.1. The van der Waals surface area contributed by atoms with E-state index in [2.05, 4.69) is 10.0 Å². The number of halogens is 4. The van der Waals surface area contributed by atoms with Gasteiger partial charge in [0.15, 0.2) is 0 Å². The van der Waals surface area contributed by atoms with Gasteiger partial charge < -0.3 is 10.1 Å². The average molecular weight is 491 g/mol. The van der Waals surface area contributed by atoms with E-state index in [0.29, 0.717) is 18.9 Å². The first-order valence-corrected chi connectivity index (χ1v) is 11.8. The molecule has 1 aliphatic rings. The normalized spacial score (nSPS) is 15.4. The molecule has 6 nitrogen and oxygen atoms in total. The van der Waals surface area contributed by atoms with Crippen LogP contribution in [0.25, 0.3) is 0 Å². The van der Waals surface area contributed by atoms with E-state index >= 15 is 0 Å². The van der Waals surface area contributed by atoms with Gasteiger partial charge in [-0.15, -0.1) is 0 Å². The lowest BCUT2D eigenvalue weighted by molar-refractivity contribution is -0.136. The highest BCUT2D eigenvalue weighted by molar-refractivity contribution is 7.89. The predicted octanol–water partition coefficient (Wildman–Crippen LogP) is 5.23. The number of amides is 1. The smallest absolute Gasteiger partial charge is 0.418 e. The zero-order valence-corrected chi connectivity index (χ0v) is 18.7. The Bertz CT molecular complexity index is 1100. The maximum Gasteiger partial charge on any atom is 0.418 e. The molecular formula is C21H22ClF3N2O4S. The molecule has 2 aromatic carbocycles. The molecule has 0 unspecified atom stereocenters. The summed E-state index contributed by atoms with van der Waals surface area (Å²) in [6.45, 7) is 0. The zero-order chi connectivity index (χ0) is 23.5. The van der Waals surface area contributed by atoms with Crippen molar-refractivity contribution in [2.45, 2.75) is 49.2 Å². The number of hydrogen-bond donors (Lipinski definition) is 2. The maximum atomic E-state index is 13.3. The number of carbonyl (C=O) groups excluding carboxylic acids is 1. The second-order valence-electron chi connectivity index (χ2n) is 7.46. The number of benzene rings is 2. The minimum absolute atomic E-state index is 0.0207. The first-order chi connectivity index (χ1) is 15.0. The van der Waals surface area contributed by atoms with Crippen molar-refractivity contribution in [1.82, 2.24) is 4.72 Å². The second kappa shape index (κ2) is 9.68. The molecular weight excluding hydrogens is 469 g/mol. The van der Waals surface area contributed by atoms with E-state index in [0.717, 1.165) is 31.4 Å². The molecule has 3 rings (SSSR count). The molecule has 11 heteroatoms. The molecule has 1 aliphatic carbocycles. The molecule has 0 saturated heterocycles. The van der Waals surface area contributed by atoms with E-state index in [4.69, 9.17) is 16.3 Å². The van der Waals surface area contributed by atoms with Crippen LogP contribution in [0.1, 0.15) is 48.0 Å². The Labute approximate surface area is 189 Å². The molecule has 2 aromatic rings. The lowest BCUT2D eigenvalue weighted by Crippen LogP contribution is -2.36. The van der Waals surface area contributed by atoms with E-state index in [1.54, 1.807) is 0 Å². The number of anilines is 1. The maximum absolute atomic E-state index is 13.3. The van der Waals surface area contributed by atoms with Gasteiger partial charge in [-0.25, -0.2) is 13.1 Å². The molecule has 0 bridgehead atoms. The molecule has 32 heavy (non-hydrogen) atoms. The second-order valence-corrected chi connectivity index (χ2v) is 9.58. The SMILES string of the molecule is COc1ccc(C(=O)Nc2ccc(Cl)cc2C(F)(F)F)cc1S(=O)(=O)NC1CCCCC1. The van der Waals surface area contributed by atoms with Crippen molar-refractivity contribution in [2.24, 2.45) is 0 Å². The number of methoxy groups -OCH3 is 1. The van der Waals surface area contributed by atoms with Crippen LogP contribution in [-0.2, 0) is 16.2 Å². The van der Waals surface area contributed by atoms with Gasteiger partial charge in [-0.3, -0.25) is 4.79 Å². The molecule has 174 valence electrons. The standard InChI is InChI=1S/C21H22ClF3N2O4S/c1-31-18-10-7-13(11-19(18)32(29,30)27-15-5-3-2-4-6-15)20(28)26-17-9-8-14(22)12-16(17)21(23,24)25/h7-12,15,27H,2-6H2,1H3,(H,26,28). The van der Waals surface area contributed by atoms with Gasteiger partial charge in [0.05, 0.1) is 18.4 Å². The Kier molecular flexibility index (Phi) is 7.36. The number of alkyl halides is 3. The third kappa shape index (κ3) is 5.73. The van der Waals surface area contributed by atoms with Crippen molar-refractivity contribution in [3.63, 3.8) is 0 Å². The minimum Gasteiger partial charge on any atom is -0.495 e. The Morgan fingerprint density at radius 2 is 1.78 bits per heavy atom. The monoisotopic (exact) mass is 490 g/mol. The molecule has 0 aliphatic heterocycles. The molecule has 0 radical (unpaired) electrons. The van der Waals surface area contributed by atoms with Crippen molar-refractivity contribution in [3.05, 3.63) is 52.5 Å². The van der Waals surface area contributed by atoms with Crippen LogP contribution in [0.15, 0.2) is 41.3 Å². The molecule has 0 aromatic heterocycles. The molecule has 2 N–H and O–H groups in total.